The summed E-state index contributed by atoms with van der Waals surface area (Å²) in [6, 6.07) is 9.58. The first-order valence-corrected chi connectivity index (χ1v) is 11.3. The molecule has 0 radical (unpaired) electrons. The van der Waals surface area contributed by atoms with Gasteiger partial charge in [-0.25, -0.2) is 9.97 Å². The van der Waals surface area contributed by atoms with Crippen LogP contribution in [0.1, 0.15) is 37.2 Å². The molecule has 31 heavy (non-hydrogen) atoms. The van der Waals surface area contributed by atoms with Crippen LogP contribution in [0.2, 0.25) is 0 Å². The highest BCUT2D eigenvalue weighted by atomic mass is 32.1. The Morgan fingerprint density at radius 3 is 2.74 bits per heavy atom. The molecule has 1 aromatic carbocycles. The minimum absolute atomic E-state index is 0.00375. The molecule has 0 unspecified atom stereocenters. The quantitative estimate of drug-likeness (QED) is 0.633. The fourth-order valence-corrected chi connectivity index (χ4v) is 4.87. The summed E-state index contributed by atoms with van der Waals surface area (Å²) in [5.74, 6) is 0.694. The maximum atomic E-state index is 12.9. The molecule has 1 aliphatic rings. The van der Waals surface area contributed by atoms with Crippen LogP contribution in [-0.4, -0.2) is 52.0 Å². The molecule has 0 bridgehead atoms. The van der Waals surface area contributed by atoms with E-state index in [4.69, 9.17) is 4.98 Å². The predicted octanol–water partition coefficient (Wildman–Crippen LogP) is 2.30. The number of thiazole rings is 1. The van der Waals surface area contributed by atoms with Crippen molar-refractivity contribution in [3.63, 3.8) is 0 Å². The SMILES string of the molecule is C[C@H](c1nc2sc(N3CCC[C@@H]3C(=O)NCc3ccccc3)nc2c(=O)n1C)N(C)C. The van der Waals surface area contributed by atoms with Crippen LogP contribution in [0.3, 0.4) is 0 Å². The molecular weight excluding hydrogens is 412 g/mol. The van der Waals surface area contributed by atoms with Gasteiger partial charge in [-0.3, -0.25) is 19.1 Å². The van der Waals surface area contributed by atoms with Crippen molar-refractivity contribution in [2.45, 2.75) is 38.4 Å². The van der Waals surface area contributed by atoms with Crippen molar-refractivity contribution in [1.29, 1.82) is 0 Å². The fourth-order valence-electron chi connectivity index (χ4n) is 3.86. The summed E-state index contributed by atoms with van der Waals surface area (Å²) in [7, 11) is 5.66. The van der Waals surface area contributed by atoms with Crippen LogP contribution in [0.25, 0.3) is 10.3 Å². The van der Waals surface area contributed by atoms with E-state index >= 15 is 0 Å². The molecule has 0 spiro atoms. The highest BCUT2D eigenvalue weighted by Gasteiger charge is 2.33. The highest BCUT2D eigenvalue weighted by molar-refractivity contribution is 7.21. The Labute approximate surface area is 185 Å². The summed E-state index contributed by atoms with van der Waals surface area (Å²) in [6.07, 6.45) is 1.68. The molecule has 3 heterocycles. The second-order valence-corrected chi connectivity index (χ2v) is 9.13. The van der Waals surface area contributed by atoms with Gasteiger partial charge in [0.2, 0.25) is 5.91 Å². The van der Waals surface area contributed by atoms with Crippen LogP contribution in [0.4, 0.5) is 5.13 Å². The summed E-state index contributed by atoms with van der Waals surface area (Å²) in [5.41, 5.74) is 1.28. The van der Waals surface area contributed by atoms with E-state index in [9.17, 15) is 9.59 Å². The number of rotatable bonds is 6. The van der Waals surface area contributed by atoms with Crippen molar-refractivity contribution >= 4 is 32.7 Å². The number of aromatic nitrogens is 3. The summed E-state index contributed by atoms with van der Waals surface area (Å²) >= 11 is 1.39. The number of carbonyl (C=O) groups excluding carboxylic acids is 1. The van der Waals surface area contributed by atoms with Gasteiger partial charge in [-0.1, -0.05) is 41.7 Å². The van der Waals surface area contributed by atoms with Crippen molar-refractivity contribution in [2.24, 2.45) is 7.05 Å². The Hall–Kier alpha value is -2.78. The zero-order valence-electron chi connectivity index (χ0n) is 18.3. The molecule has 1 fully saturated rings. The second-order valence-electron chi connectivity index (χ2n) is 8.18. The summed E-state index contributed by atoms with van der Waals surface area (Å²) in [6.45, 7) is 3.26. The maximum Gasteiger partial charge on any atom is 0.280 e. The van der Waals surface area contributed by atoms with Crippen LogP contribution in [0.15, 0.2) is 35.1 Å². The third-order valence-corrected chi connectivity index (χ3v) is 6.91. The lowest BCUT2D eigenvalue weighted by atomic mass is 10.2. The molecule has 0 saturated carbocycles. The third kappa shape index (κ3) is 4.20. The van der Waals surface area contributed by atoms with Crippen LogP contribution < -0.4 is 15.8 Å². The molecule has 1 amide bonds. The van der Waals surface area contributed by atoms with E-state index in [1.807, 2.05) is 61.2 Å². The predicted molar refractivity (Wildman–Crippen MR) is 123 cm³/mol. The molecular formula is C22H28N6O2S. The zero-order valence-corrected chi connectivity index (χ0v) is 19.1. The third-order valence-electron chi connectivity index (χ3n) is 5.92. The molecule has 9 heteroatoms. The number of carbonyl (C=O) groups is 1. The molecule has 1 saturated heterocycles. The van der Waals surface area contributed by atoms with E-state index in [0.29, 0.717) is 27.8 Å². The zero-order chi connectivity index (χ0) is 22.1. The van der Waals surface area contributed by atoms with E-state index in [-0.39, 0.29) is 23.6 Å². The first-order valence-electron chi connectivity index (χ1n) is 10.5. The van der Waals surface area contributed by atoms with Gasteiger partial charge in [-0.15, -0.1) is 0 Å². The van der Waals surface area contributed by atoms with E-state index in [2.05, 4.69) is 10.3 Å². The van der Waals surface area contributed by atoms with Gasteiger partial charge in [-0.05, 0) is 39.4 Å². The maximum absolute atomic E-state index is 12.9. The first-order chi connectivity index (χ1) is 14.9. The second kappa shape index (κ2) is 8.76. The highest BCUT2D eigenvalue weighted by Crippen LogP contribution is 2.32. The molecule has 164 valence electrons. The number of anilines is 1. The first kappa shape index (κ1) is 21.5. The topological polar surface area (TPSA) is 83.4 Å². The normalized spacial score (nSPS) is 17.5. The lowest BCUT2D eigenvalue weighted by molar-refractivity contribution is -0.122. The molecule has 1 N–H and O–H groups in total. The minimum atomic E-state index is -0.284. The smallest absolute Gasteiger partial charge is 0.280 e. The number of hydrogen-bond donors (Lipinski definition) is 1. The van der Waals surface area contributed by atoms with Crippen LogP contribution in [-0.2, 0) is 18.4 Å². The van der Waals surface area contributed by atoms with E-state index in [0.717, 1.165) is 24.9 Å². The Bertz CT molecular complexity index is 1140. The number of nitrogens with zero attached hydrogens (tertiary/aromatic N) is 5. The summed E-state index contributed by atoms with van der Waals surface area (Å²) < 4.78 is 1.57. The fraction of sp³-hybridized carbons (Fsp3) is 0.455. The molecule has 1 aliphatic heterocycles. The Balaban J connectivity index is 1.59. The number of benzene rings is 1. The van der Waals surface area contributed by atoms with Gasteiger partial charge in [0.25, 0.3) is 5.56 Å². The van der Waals surface area contributed by atoms with Gasteiger partial charge < -0.3 is 10.2 Å². The van der Waals surface area contributed by atoms with E-state index < -0.39 is 0 Å². The van der Waals surface area contributed by atoms with Crippen LogP contribution in [0.5, 0.6) is 0 Å². The standard InChI is InChI=1S/C22H28N6O2S/c1-14(26(2)3)18-25-20-17(21(30)27(18)4)24-22(31-20)28-12-8-11-16(28)19(29)23-13-15-9-6-5-7-10-15/h5-7,9-10,14,16H,8,11-13H2,1-4H3,(H,23,29)/t14-,16-/m1/s1. The number of amides is 1. The van der Waals surface area contributed by atoms with Gasteiger partial charge in [0.1, 0.15) is 11.9 Å². The van der Waals surface area contributed by atoms with Gasteiger partial charge in [0.05, 0.1) is 6.04 Å². The van der Waals surface area contributed by atoms with Gasteiger partial charge >= 0.3 is 0 Å². The molecule has 2 aromatic heterocycles. The average molecular weight is 441 g/mol. The monoisotopic (exact) mass is 440 g/mol. The molecule has 2 atom stereocenters. The van der Waals surface area contributed by atoms with Crippen molar-refractivity contribution in [3.8, 4) is 0 Å². The number of hydrogen-bond acceptors (Lipinski definition) is 7. The molecule has 8 nitrogen and oxygen atoms in total. The van der Waals surface area contributed by atoms with Crippen molar-refractivity contribution in [1.82, 2.24) is 24.8 Å². The van der Waals surface area contributed by atoms with E-state index in [1.165, 1.54) is 11.3 Å². The Kier molecular flexibility index (Phi) is 6.06. The van der Waals surface area contributed by atoms with Gasteiger partial charge in [0, 0.05) is 20.1 Å². The van der Waals surface area contributed by atoms with Gasteiger partial charge in [-0.2, -0.15) is 0 Å². The van der Waals surface area contributed by atoms with Crippen LogP contribution in [0, 0.1) is 0 Å². The number of fused-ring (bicyclic) bond motifs is 1. The van der Waals surface area contributed by atoms with Crippen molar-refractivity contribution < 1.29 is 4.79 Å². The molecule has 4 rings (SSSR count). The lowest BCUT2D eigenvalue weighted by Crippen LogP contribution is -2.43. The Morgan fingerprint density at radius 1 is 1.29 bits per heavy atom. The van der Waals surface area contributed by atoms with Gasteiger partial charge in [0.15, 0.2) is 15.5 Å². The van der Waals surface area contributed by atoms with Crippen molar-refractivity contribution in [2.75, 3.05) is 25.5 Å². The summed E-state index contributed by atoms with van der Waals surface area (Å²) in [4.78, 5) is 39.8. The minimum Gasteiger partial charge on any atom is -0.350 e. The lowest BCUT2D eigenvalue weighted by Gasteiger charge is -2.23. The largest absolute Gasteiger partial charge is 0.350 e. The molecule has 3 aromatic rings. The Morgan fingerprint density at radius 2 is 2.03 bits per heavy atom. The van der Waals surface area contributed by atoms with Crippen molar-refractivity contribution in [3.05, 3.63) is 52.1 Å². The molecule has 0 aliphatic carbocycles. The summed E-state index contributed by atoms with van der Waals surface area (Å²) in [5, 5.41) is 3.73. The van der Waals surface area contributed by atoms with E-state index in [1.54, 1.807) is 11.6 Å². The average Bonchev–Trinajstić information content (AvgIpc) is 3.42. The number of nitrogens with one attached hydrogen (secondary N) is 1. The van der Waals surface area contributed by atoms with Crippen LogP contribution >= 0.6 is 11.3 Å².